The fourth-order valence-electron chi connectivity index (χ4n) is 2.94. The van der Waals surface area contributed by atoms with E-state index in [0.717, 1.165) is 13.1 Å². The lowest BCUT2D eigenvalue weighted by Crippen LogP contribution is -2.61. The van der Waals surface area contributed by atoms with Gasteiger partial charge in [-0.1, -0.05) is 35.0 Å². The Kier molecular flexibility index (Phi) is 4.70. The Hall–Kier alpha value is -0.380. The number of rotatable bonds is 3. The van der Waals surface area contributed by atoms with E-state index in [1.807, 2.05) is 0 Å². The number of hydrogen-bond acceptors (Lipinski definition) is 2. The predicted octanol–water partition coefficient (Wildman–Crippen LogP) is 3.97. The van der Waals surface area contributed by atoms with E-state index in [-0.39, 0.29) is 5.54 Å². The lowest BCUT2D eigenvalue weighted by atomic mass is 9.94. The Bertz CT molecular complexity index is 431. The lowest BCUT2D eigenvalue weighted by Gasteiger charge is -2.47. The second-order valence-corrected chi connectivity index (χ2v) is 7.15. The van der Waals surface area contributed by atoms with E-state index in [1.54, 1.807) is 0 Å². The monoisotopic (exact) mass is 324 g/mol. The normalized spacial score (nSPS) is 25.2. The molecule has 0 bridgehead atoms. The summed E-state index contributed by atoms with van der Waals surface area (Å²) in [4.78, 5) is 2.65. The third-order valence-corrected chi connectivity index (χ3v) is 4.66. The summed E-state index contributed by atoms with van der Waals surface area (Å²) < 4.78 is 1.17. The van der Waals surface area contributed by atoms with Gasteiger partial charge in [-0.3, -0.25) is 4.90 Å². The van der Waals surface area contributed by atoms with Crippen LogP contribution < -0.4 is 5.32 Å². The van der Waals surface area contributed by atoms with Crippen LogP contribution in [0, 0.1) is 0 Å². The van der Waals surface area contributed by atoms with Crippen molar-refractivity contribution in [1.29, 1.82) is 0 Å². The van der Waals surface area contributed by atoms with E-state index in [2.05, 4.69) is 78.1 Å². The minimum Gasteiger partial charge on any atom is -0.309 e. The van der Waals surface area contributed by atoms with Gasteiger partial charge in [-0.05, 0) is 44.9 Å². The van der Waals surface area contributed by atoms with Gasteiger partial charge in [0.2, 0.25) is 0 Å². The predicted molar refractivity (Wildman–Crippen MR) is 85.4 cm³/mol. The first kappa shape index (κ1) is 15.0. The highest BCUT2D eigenvalue weighted by atomic mass is 79.9. The van der Waals surface area contributed by atoms with E-state index in [1.165, 1.54) is 16.5 Å². The summed E-state index contributed by atoms with van der Waals surface area (Å²) in [5.74, 6) is 0. The number of piperazine rings is 1. The van der Waals surface area contributed by atoms with Crippen LogP contribution in [0.15, 0.2) is 28.7 Å². The summed E-state index contributed by atoms with van der Waals surface area (Å²) in [6, 6.07) is 9.79. The van der Waals surface area contributed by atoms with Gasteiger partial charge in [0, 0.05) is 35.2 Å². The molecule has 2 atom stereocenters. The van der Waals surface area contributed by atoms with E-state index in [9.17, 15) is 0 Å². The fraction of sp³-hybridized carbons (Fsp3) is 0.625. The molecule has 1 N–H and O–H groups in total. The van der Waals surface area contributed by atoms with Crippen LogP contribution in [-0.2, 0) is 0 Å². The fourth-order valence-corrected chi connectivity index (χ4v) is 3.36. The van der Waals surface area contributed by atoms with Gasteiger partial charge in [0.1, 0.15) is 0 Å². The zero-order valence-electron chi connectivity index (χ0n) is 12.4. The lowest BCUT2D eigenvalue weighted by molar-refractivity contribution is 0.0580. The third kappa shape index (κ3) is 3.59. The van der Waals surface area contributed by atoms with Gasteiger partial charge >= 0.3 is 0 Å². The third-order valence-electron chi connectivity index (χ3n) is 4.16. The van der Waals surface area contributed by atoms with E-state index < -0.39 is 0 Å². The largest absolute Gasteiger partial charge is 0.309 e. The van der Waals surface area contributed by atoms with Gasteiger partial charge in [0.05, 0.1) is 0 Å². The van der Waals surface area contributed by atoms with E-state index in [4.69, 9.17) is 0 Å². The molecule has 0 aliphatic carbocycles. The van der Waals surface area contributed by atoms with Crippen LogP contribution in [-0.4, -0.2) is 29.6 Å². The Balaban J connectivity index is 2.21. The van der Waals surface area contributed by atoms with E-state index in [0.29, 0.717) is 12.1 Å². The maximum Gasteiger partial charge on any atom is 0.0324 e. The zero-order chi connectivity index (χ0) is 14.0. The minimum atomic E-state index is 0.200. The highest BCUT2D eigenvalue weighted by Crippen LogP contribution is 2.29. The number of nitrogens with one attached hydrogen (secondary N) is 1. The Morgan fingerprint density at radius 3 is 2.84 bits per heavy atom. The van der Waals surface area contributed by atoms with Gasteiger partial charge in [-0.25, -0.2) is 0 Å². The summed E-state index contributed by atoms with van der Waals surface area (Å²) in [7, 11) is 0. The molecule has 1 saturated heterocycles. The van der Waals surface area contributed by atoms with Crippen LogP contribution in [0.3, 0.4) is 0 Å². The van der Waals surface area contributed by atoms with Crippen LogP contribution in [0.25, 0.3) is 0 Å². The maximum absolute atomic E-state index is 3.66. The number of hydrogen-bond donors (Lipinski definition) is 1. The molecule has 0 aromatic heterocycles. The van der Waals surface area contributed by atoms with Crippen LogP contribution in [0.5, 0.6) is 0 Å². The van der Waals surface area contributed by atoms with Gasteiger partial charge in [-0.15, -0.1) is 0 Å². The summed E-state index contributed by atoms with van der Waals surface area (Å²) >= 11 is 3.58. The summed E-state index contributed by atoms with van der Waals surface area (Å²) in [5, 5.41) is 3.66. The van der Waals surface area contributed by atoms with E-state index >= 15 is 0 Å². The summed E-state index contributed by atoms with van der Waals surface area (Å²) in [6.45, 7) is 11.4. The number of benzene rings is 1. The van der Waals surface area contributed by atoms with Gasteiger partial charge < -0.3 is 5.32 Å². The minimum absolute atomic E-state index is 0.200. The molecule has 2 unspecified atom stereocenters. The van der Waals surface area contributed by atoms with Crippen molar-refractivity contribution in [1.82, 2.24) is 10.2 Å². The summed E-state index contributed by atoms with van der Waals surface area (Å²) in [5.41, 5.74) is 1.59. The van der Waals surface area contributed by atoms with Crippen molar-refractivity contribution >= 4 is 15.9 Å². The topological polar surface area (TPSA) is 15.3 Å². The first-order chi connectivity index (χ1) is 8.93. The molecule has 1 aromatic rings. The van der Waals surface area contributed by atoms with Gasteiger partial charge in [0.15, 0.2) is 0 Å². The molecule has 1 aromatic carbocycles. The van der Waals surface area contributed by atoms with Crippen molar-refractivity contribution in [2.45, 2.75) is 51.7 Å². The van der Waals surface area contributed by atoms with Gasteiger partial charge in [0.25, 0.3) is 0 Å². The molecule has 0 saturated carbocycles. The molecule has 3 heteroatoms. The molecule has 1 fully saturated rings. The average molecular weight is 325 g/mol. The highest BCUT2D eigenvalue weighted by Gasteiger charge is 2.34. The molecule has 19 heavy (non-hydrogen) atoms. The van der Waals surface area contributed by atoms with Crippen LogP contribution in [0.2, 0.25) is 0 Å². The number of halogens is 1. The molecule has 0 amide bonds. The second kappa shape index (κ2) is 5.94. The Morgan fingerprint density at radius 1 is 1.47 bits per heavy atom. The molecular formula is C16H25BrN2. The quantitative estimate of drug-likeness (QED) is 0.904. The molecule has 2 nitrogen and oxygen atoms in total. The molecular weight excluding hydrogens is 300 g/mol. The average Bonchev–Trinajstić information content (AvgIpc) is 2.37. The van der Waals surface area contributed by atoms with Crippen LogP contribution in [0.4, 0.5) is 0 Å². The van der Waals surface area contributed by atoms with Crippen molar-refractivity contribution in [3.63, 3.8) is 0 Å². The molecule has 2 rings (SSSR count). The van der Waals surface area contributed by atoms with Gasteiger partial charge in [-0.2, -0.15) is 0 Å². The smallest absolute Gasteiger partial charge is 0.0324 e. The molecule has 106 valence electrons. The maximum atomic E-state index is 3.66. The summed E-state index contributed by atoms with van der Waals surface area (Å²) in [6.07, 6.45) is 1.20. The van der Waals surface area contributed by atoms with Crippen molar-refractivity contribution in [3.05, 3.63) is 34.3 Å². The first-order valence-electron chi connectivity index (χ1n) is 7.19. The van der Waals surface area contributed by atoms with Crippen molar-refractivity contribution < 1.29 is 0 Å². The van der Waals surface area contributed by atoms with Crippen molar-refractivity contribution in [3.8, 4) is 0 Å². The highest BCUT2D eigenvalue weighted by molar-refractivity contribution is 9.10. The molecule has 0 radical (unpaired) electrons. The Morgan fingerprint density at radius 2 is 2.21 bits per heavy atom. The SMILES string of the molecule is CCC1CNC(C)(C)CN1C(C)c1cccc(Br)c1. The van der Waals surface area contributed by atoms with Crippen LogP contribution >= 0.6 is 15.9 Å². The molecule has 1 aliphatic rings. The second-order valence-electron chi connectivity index (χ2n) is 6.23. The first-order valence-corrected chi connectivity index (χ1v) is 7.98. The van der Waals surface area contributed by atoms with Crippen LogP contribution in [0.1, 0.15) is 45.7 Å². The molecule has 0 spiro atoms. The number of nitrogens with zero attached hydrogens (tertiary/aromatic N) is 1. The molecule has 1 heterocycles. The molecule has 1 aliphatic heterocycles. The Labute approximate surface area is 125 Å². The standard InChI is InChI=1S/C16H25BrN2/c1-5-15-10-18-16(3,4)11-19(15)12(2)13-7-6-8-14(17)9-13/h6-9,12,15,18H,5,10-11H2,1-4H3. The van der Waals surface area contributed by atoms with Crippen molar-refractivity contribution in [2.75, 3.05) is 13.1 Å². The zero-order valence-corrected chi connectivity index (χ0v) is 14.0. The van der Waals surface area contributed by atoms with Crippen molar-refractivity contribution in [2.24, 2.45) is 0 Å².